The van der Waals surface area contributed by atoms with Crippen molar-refractivity contribution in [3.8, 4) is 5.75 Å². The van der Waals surface area contributed by atoms with Gasteiger partial charge >= 0.3 is 0 Å². The van der Waals surface area contributed by atoms with Crippen molar-refractivity contribution in [1.82, 2.24) is 0 Å². The molecule has 0 aromatic heterocycles. The Kier molecular flexibility index (Phi) is 4.34. The number of benzene rings is 1. The lowest BCUT2D eigenvalue weighted by molar-refractivity contribution is 0.217. The molecular weight excluding hydrogens is 262 g/mol. The van der Waals surface area contributed by atoms with Gasteiger partial charge in [0.1, 0.15) is 5.75 Å². The highest BCUT2D eigenvalue weighted by Gasteiger charge is 2.21. The van der Waals surface area contributed by atoms with Crippen LogP contribution in [0.1, 0.15) is 20.3 Å². The lowest BCUT2D eigenvalue weighted by Crippen LogP contribution is -2.40. The predicted octanol–water partition coefficient (Wildman–Crippen LogP) is 2.10. The topological polar surface area (TPSA) is 46.6 Å². The molecule has 1 saturated heterocycles. The molecular formula is C14H21NO3S. The first-order valence-electron chi connectivity index (χ1n) is 6.72. The number of anilines is 1. The van der Waals surface area contributed by atoms with Gasteiger partial charge in [0.15, 0.2) is 9.84 Å². The quantitative estimate of drug-likeness (QED) is 0.849. The van der Waals surface area contributed by atoms with Crippen LogP contribution in [0.25, 0.3) is 0 Å². The first-order valence-corrected chi connectivity index (χ1v) is 8.54. The molecule has 0 bridgehead atoms. The molecule has 0 radical (unpaired) electrons. The van der Waals surface area contributed by atoms with E-state index in [1.165, 1.54) is 0 Å². The molecule has 106 valence electrons. The molecule has 1 aromatic rings. The minimum Gasteiger partial charge on any atom is -0.491 e. The molecule has 0 amide bonds. The molecule has 1 unspecified atom stereocenters. The predicted molar refractivity (Wildman–Crippen MR) is 77.7 cm³/mol. The van der Waals surface area contributed by atoms with Crippen LogP contribution in [0.2, 0.25) is 0 Å². The number of hydrogen-bond donors (Lipinski definition) is 0. The van der Waals surface area contributed by atoms with Gasteiger partial charge in [0.05, 0.1) is 17.6 Å². The van der Waals surface area contributed by atoms with E-state index in [0.717, 1.165) is 17.9 Å². The zero-order valence-electron chi connectivity index (χ0n) is 11.5. The van der Waals surface area contributed by atoms with Crippen LogP contribution >= 0.6 is 0 Å². The summed E-state index contributed by atoms with van der Waals surface area (Å²) in [6.07, 6.45) is 1.19. The molecule has 4 nitrogen and oxygen atoms in total. The smallest absolute Gasteiger partial charge is 0.153 e. The van der Waals surface area contributed by atoms with Gasteiger partial charge in [-0.05, 0) is 37.6 Å². The maximum atomic E-state index is 11.4. The van der Waals surface area contributed by atoms with E-state index in [9.17, 15) is 8.42 Å². The van der Waals surface area contributed by atoms with Crippen molar-refractivity contribution in [3.05, 3.63) is 24.3 Å². The van der Waals surface area contributed by atoms with E-state index in [1.807, 2.05) is 31.2 Å². The Morgan fingerprint density at radius 2 is 1.79 bits per heavy atom. The third-order valence-corrected chi connectivity index (χ3v) is 5.07. The van der Waals surface area contributed by atoms with Gasteiger partial charge in [0.25, 0.3) is 0 Å². The number of rotatable bonds is 4. The summed E-state index contributed by atoms with van der Waals surface area (Å²) in [6.45, 7) is 5.29. The van der Waals surface area contributed by atoms with Gasteiger partial charge in [-0.1, -0.05) is 6.92 Å². The van der Waals surface area contributed by atoms with Gasteiger partial charge < -0.3 is 9.64 Å². The highest BCUT2D eigenvalue weighted by atomic mass is 32.2. The van der Waals surface area contributed by atoms with E-state index in [4.69, 9.17) is 4.74 Å². The van der Waals surface area contributed by atoms with Crippen LogP contribution < -0.4 is 9.64 Å². The maximum Gasteiger partial charge on any atom is 0.153 e. The van der Waals surface area contributed by atoms with Crippen molar-refractivity contribution < 1.29 is 13.2 Å². The Bertz CT molecular complexity index is 496. The fourth-order valence-corrected chi connectivity index (χ4v) is 3.22. The maximum absolute atomic E-state index is 11.4. The fraction of sp³-hybridized carbons (Fsp3) is 0.571. The van der Waals surface area contributed by atoms with Crippen LogP contribution in [-0.2, 0) is 9.84 Å². The average molecular weight is 283 g/mol. The second-order valence-electron chi connectivity index (χ2n) is 4.97. The summed E-state index contributed by atoms with van der Waals surface area (Å²) in [5, 5.41) is 0. The Balaban J connectivity index is 1.99. The summed E-state index contributed by atoms with van der Waals surface area (Å²) >= 11 is 0. The Labute approximate surface area is 115 Å². The van der Waals surface area contributed by atoms with Crippen molar-refractivity contribution in [3.63, 3.8) is 0 Å². The molecule has 1 aliphatic rings. The number of ether oxygens (including phenoxy) is 1. The molecule has 1 aliphatic heterocycles. The van der Waals surface area contributed by atoms with Crippen molar-refractivity contribution in [2.24, 2.45) is 0 Å². The second kappa shape index (κ2) is 5.82. The van der Waals surface area contributed by atoms with Gasteiger partial charge in [-0.2, -0.15) is 0 Å². The van der Waals surface area contributed by atoms with Gasteiger partial charge in [-0.25, -0.2) is 8.42 Å². The number of sulfone groups is 1. The molecule has 1 fully saturated rings. The SMILES string of the molecule is CCC(C)Oc1ccc(N2CCS(=O)(=O)CC2)cc1. The van der Waals surface area contributed by atoms with Crippen LogP contribution in [0.5, 0.6) is 5.75 Å². The molecule has 2 rings (SSSR count). The lowest BCUT2D eigenvalue weighted by atomic mass is 10.2. The highest BCUT2D eigenvalue weighted by Crippen LogP contribution is 2.22. The third kappa shape index (κ3) is 3.86. The van der Waals surface area contributed by atoms with Crippen molar-refractivity contribution >= 4 is 15.5 Å². The molecule has 0 N–H and O–H groups in total. The van der Waals surface area contributed by atoms with Gasteiger partial charge in [0.2, 0.25) is 0 Å². The van der Waals surface area contributed by atoms with Crippen LogP contribution in [0.3, 0.4) is 0 Å². The van der Waals surface area contributed by atoms with E-state index in [0.29, 0.717) is 13.1 Å². The van der Waals surface area contributed by atoms with Gasteiger partial charge in [-0.3, -0.25) is 0 Å². The fourth-order valence-electron chi connectivity index (χ4n) is 2.02. The summed E-state index contributed by atoms with van der Waals surface area (Å²) < 4.78 is 28.5. The molecule has 1 atom stereocenters. The molecule has 0 saturated carbocycles. The normalized spacial score (nSPS) is 20.0. The average Bonchev–Trinajstić information content (AvgIpc) is 2.40. The summed E-state index contributed by atoms with van der Waals surface area (Å²) in [4.78, 5) is 2.11. The zero-order valence-corrected chi connectivity index (χ0v) is 12.3. The Hall–Kier alpha value is -1.23. The minimum absolute atomic E-state index is 0.214. The van der Waals surface area contributed by atoms with Crippen molar-refractivity contribution in [1.29, 1.82) is 0 Å². The first-order chi connectivity index (χ1) is 9.00. The lowest BCUT2D eigenvalue weighted by Gasteiger charge is -2.28. The largest absolute Gasteiger partial charge is 0.491 e. The molecule has 0 spiro atoms. The zero-order chi connectivity index (χ0) is 13.9. The third-order valence-electron chi connectivity index (χ3n) is 3.46. The van der Waals surface area contributed by atoms with Gasteiger partial charge in [0, 0.05) is 18.8 Å². The van der Waals surface area contributed by atoms with Crippen LogP contribution in [0.15, 0.2) is 24.3 Å². The summed E-state index contributed by atoms with van der Waals surface area (Å²) in [5.74, 6) is 1.36. The Morgan fingerprint density at radius 1 is 1.21 bits per heavy atom. The van der Waals surface area contributed by atoms with Crippen LogP contribution in [0, 0.1) is 0 Å². The Morgan fingerprint density at radius 3 is 2.32 bits per heavy atom. The number of hydrogen-bond acceptors (Lipinski definition) is 4. The monoisotopic (exact) mass is 283 g/mol. The van der Waals surface area contributed by atoms with Crippen molar-refractivity contribution in [2.75, 3.05) is 29.5 Å². The summed E-state index contributed by atoms with van der Waals surface area (Å²) in [5.41, 5.74) is 1.06. The van der Waals surface area contributed by atoms with E-state index >= 15 is 0 Å². The number of nitrogens with zero attached hydrogens (tertiary/aromatic N) is 1. The van der Waals surface area contributed by atoms with Crippen molar-refractivity contribution in [2.45, 2.75) is 26.4 Å². The van der Waals surface area contributed by atoms with E-state index < -0.39 is 9.84 Å². The van der Waals surface area contributed by atoms with E-state index in [1.54, 1.807) is 0 Å². The molecule has 1 aromatic carbocycles. The molecule has 1 heterocycles. The minimum atomic E-state index is -2.82. The summed E-state index contributed by atoms with van der Waals surface area (Å²) in [6, 6.07) is 7.89. The summed E-state index contributed by atoms with van der Waals surface area (Å²) in [7, 11) is -2.82. The molecule has 0 aliphatic carbocycles. The molecule has 19 heavy (non-hydrogen) atoms. The highest BCUT2D eigenvalue weighted by molar-refractivity contribution is 7.91. The van der Waals surface area contributed by atoms with E-state index in [2.05, 4.69) is 11.8 Å². The van der Waals surface area contributed by atoms with Crippen LogP contribution in [0.4, 0.5) is 5.69 Å². The first kappa shape index (κ1) is 14.2. The van der Waals surface area contributed by atoms with Crippen LogP contribution in [-0.4, -0.2) is 39.1 Å². The second-order valence-corrected chi connectivity index (χ2v) is 7.27. The molecule has 5 heteroatoms. The van der Waals surface area contributed by atoms with Gasteiger partial charge in [-0.15, -0.1) is 0 Å². The standard InChI is InChI=1S/C14H21NO3S/c1-3-12(2)18-14-6-4-13(5-7-14)15-8-10-19(16,17)11-9-15/h4-7,12H,3,8-11H2,1-2H3. The van der Waals surface area contributed by atoms with E-state index in [-0.39, 0.29) is 17.6 Å².